The summed E-state index contributed by atoms with van der Waals surface area (Å²) in [5, 5.41) is 3.44. The van der Waals surface area contributed by atoms with E-state index >= 15 is 0 Å². The fourth-order valence-electron chi connectivity index (χ4n) is 3.12. The summed E-state index contributed by atoms with van der Waals surface area (Å²) in [4.78, 5) is 26.5. The lowest BCUT2D eigenvalue weighted by atomic mass is 10.1. The van der Waals surface area contributed by atoms with E-state index in [4.69, 9.17) is 21.1 Å². The number of nitrogens with one attached hydrogen (secondary N) is 1. The number of carbonyl (C=O) groups excluding carboxylic acids is 2. The van der Waals surface area contributed by atoms with Crippen molar-refractivity contribution in [2.24, 2.45) is 0 Å². The number of rotatable bonds is 6. The first kappa shape index (κ1) is 20.2. The molecule has 1 heterocycles. The molecule has 0 spiro atoms. The van der Waals surface area contributed by atoms with Gasteiger partial charge in [-0.2, -0.15) is 0 Å². The number of amides is 2. The van der Waals surface area contributed by atoms with Gasteiger partial charge in [-0.1, -0.05) is 30.7 Å². The lowest BCUT2D eigenvalue weighted by Crippen LogP contribution is -2.38. The number of hydrogen-bond acceptors (Lipinski definition) is 4. The molecule has 0 aromatic heterocycles. The molecule has 2 aromatic rings. The number of halogens is 1. The molecule has 2 aromatic carbocycles. The molecule has 0 bridgehead atoms. The number of fused-ring (bicyclic) bond motifs is 1. The molecular weight excluding hydrogens is 380 g/mol. The van der Waals surface area contributed by atoms with E-state index in [1.807, 2.05) is 37.3 Å². The smallest absolute Gasteiger partial charge is 0.264 e. The summed E-state index contributed by atoms with van der Waals surface area (Å²) in [6.07, 6.45) is 0.0318. The third-order valence-electron chi connectivity index (χ3n) is 4.49. The fourth-order valence-corrected chi connectivity index (χ4v) is 3.24. The van der Waals surface area contributed by atoms with Crippen LogP contribution in [0.1, 0.15) is 24.5 Å². The molecule has 1 aliphatic rings. The second-order valence-electron chi connectivity index (χ2n) is 6.64. The van der Waals surface area contributed by atoms with Crippen molar-refractivity contribution in [3.05, 3.63) is 58.6 Å². The maximum atomic E-state index is 13.0. The largest absolute Gasteiger partial charge is 0.480 e. The van der Waals surface area contributed by atoms with Crippen LogP contribution in [0.5, 0.6) is 5.75 Å². The highest BCUT2D eigenvalue weighted by Crippen LogP contribution is 2.30. The van der Waals surface area contributed by atoms with Crippen LogP contribution in [0.4, 0.5) is 5.69 Å². The molecule has 0 saturated heterocycles. The summed E-state index contributed by atoms with van der Waals surface area (Å²) in [6.45, 7) is 2.75. The number of nitrogens with zero attached hydrogens (tertiary/aromatic N) is 1. The Balaban J connectivity index is 1.86. The molecule has 3 rings (SSSR count). The van der Waals surface area contributed by atoms with Crippen molar-refractivity contribution >= 4 is 29.1 Å². The zero-order chi connectivity index (χ0) is 20.1. The van der Waals surface area contributed by atoms with Gasteiger partial charge in [0, 0.05) is 36.5 Å². The number of carbonyl (C=O) groups is 2. The van der Waals surface area contributed by atoms with Gasteiger partial charge < -0.3 is 19.7 Å². The Morgan fingerprint density at radius 3 is 2.71 bits per heavy atom. The SMILES string of the molecule is CC[C@@H]1Oc2ccc(NC(=O)COC)cc2CN(Cc2ccc(Cl)cc2)C1=O. The Labute approximate surface area is 169 Å². The molecule has 0 aliphatic carbocycles. The van der Waals surface area contributed by atoms with Crippen LogP contribution in [0.3, 0.4) is 0 Å². The predicted octanol–water partition coefficient (Wildman–Crippen LogP) is 3.62. The van der Waals surface area contributed by atoms with E-state index in [1.165, 1.54) is 7.11 Å². The van der Waals surface area contributed by atoms with E-state index < -0.39 is 6.10 Å². The molecule has 1 atom stereocenters. The minimum Gasteiger partial charge on any atom is -0.480 e. The first-order chi connectivity index (χ1) is 13.5. The molecule has 1 N–H and O–H groups in total. The van der Waals surface area contributed by atoms with E-state index in [0.717, 1.165) is 11.1 Å². The topological polar surface area (TPSA) is 67.9 Å². The van der Waals surface area contributed by atoms with Crippen LogP contribution in [0.2, 0.25) is 5.02 Å². The Morgan fingerprint density at radius 2 is 2.04 bits per heavy atom. The molecule has 28 heavy (non-hydrogen) atoms. The standard InChI is InChI=1S/C21H23ClN2O4/c1-3-18-21(26)24(11-14-4-6-16(22)7-5-14)12-15-10-17(8-9-19(15)28-18)23-20(25)13-27-2/h4-10,18H,3,11-13H2,1-2H3,(H,23,25)/t18-/m0/s1. The highest BCUT2D eigenvalue weighted by molar-refractivity contribution is 6.30. The van der Waals surface area contributed by atoms with Crippen LogP contribution in [-0.4, -0.2) is 36.5 Å². The van der Waals surface area contributed by atoms with Crippen molar-refractivity contribution in [1.29, 1.82) is 0 Å². The molecule has 2 amide bonds. The highest BCUT2D eigenvalue weighted by Gasteiger charge is 2.30. The van der Waals surface area contributed by atoms with E-state index in [1.54, 1.807) is 17.0 Å². The first-order valence-electron chi connectivity index (χ1n) is 9.11. The Kier molecular flexibility index (Phi) is 6.54. The van der Waals surface area contributed by atoms with Crippen LogP contribution in [-0.2, 0) is 27.4 Å². The van der Waals surface area contributed by atoms with Crippen LogP contribution < -0.4 is 10.1 Å². The Bertz CT molecular complexity index is 854. The number of anilines is 1. The van der Waals surface area contributed by atoms with Gasteiger partial charge in [0.15, 0.2) is 6.10 Å². The number of ether oxygens (including phenoxy) is 2. The monoisotopic (exact) mass is 402 g/mol. The molecule has 1 aliphatic heterocycles. The molecule has 0 radical (unpaired) electrons. The maximum absolute atomic E-state index is 13.0. The predicted molar refractivity (Wildman–Crippen MR) is 107 cm³/mol. The van der Waals surface area contributed by atoms with Crippen molar-refractivity contribution in [2.75, 3.05) is 19.0 Å². The summed E-state index contributed by atoms with van der Waals surface area (Å²) in [5.41, 5.74) is 2.47. The number of hydrogen-bond donors (Lipinski definition) is 1. The minimum absolute atomic E-state index is 0.0212. The van der Waals surface area contributed by atoms with Crippen molar-refractivity contribution in [3.63, 3.8) is 0 Å². The zero-order valence-corrected chi connectivity index (χ0v) is 16.7. The van der Waals surface area contributed by atoms with Gasteiger partial charge in [-0.05, 0) is 42.3 Å². The third-order valence-corrected chi connectivity index (χ3v) is 4.75. The quantitative estimate of drug-likeness (QED) is 0.801. The summed E-state index contributed by atoms with van der Waals surface area (Å²) in [5.74, 6) is 0.361. The maximum Gasteiger partial charge on any atom is 0.264 e. The van der Waals surface area contributed by atoms with Crippen LogP contribution in [0.15, 0.2) is 42.5 Å². The summed E-state index contributed by atoms with van der Waals surface area (Å²) < 4.78 is 10.8. The normalized spacial score (nSPS) is 16.2. The second-order valence-corrected chi connectivity index (χ2v) is 7.08. The van der Waals surface area contributed by atoms with E-state index in [9.17, 15) is 9.59 Å². The van der Waals surface area contributed by atoms with Crippen molar-refractivity contribution in [2.45, 2.75) is 32.5 Å². The van der Waals surface area contributed by atoms with E-state index in [2.05, 4.69) is 5.32 Å². The Hall–Kier alpha value is -2.57. The van der Waals surface area contributed by atoms with Gasteiger partial charge in [-0.15, -0.1) is 0 Å². The first-order valence-corrected chi connectivity index (χ1v) is 9.49. The minimum atomic E-state index is -0.539. The van der Waals surface area contributed by atoms with Crippen LogP contribution in [0.25, 0.3) is 0 Å². The summed E-state index contributed by atoms with van der Waals surface area (Å²) >= 11 is 5.96. The van der Waals surface area contributed by atoms with Gasteiger partial charge >= 0.3 is 0 Å². The van der Waals surface area contributed by atoms with Crippen molar-refractivity contribution < 1.29 is 19.1 Å². The van der Waals surface area contributed by atoms with Gasteiger partial charge in [0.05, 0.1) is 0 Å². The van der Waals surface area contributed by atoms with Gasteiger partial charge in [0.1, 0.15) is 12.4 Å². The van der Waals surface area contributed by atoms with E-state index in [-0.39, 0.29) is 18.4 Å². The van der Waals surface area contributed by atoms with Gasteiger partial charge in [-0.25, -0.2) is 0 Å². The highest BCUT2D eigenvalue weighted by atomic mass is 35.5. The van der Waals surface area contributed by atoms with Gasteiger partial charge in [-0.3, -0.25) is 9.59 Å². The molecular formula is C21H23ClN2O4. The van der Waals surface area contributed by atoms with Gasteiger partial charge in [0.2, 0.25) is 5.91 Å². The molecule has 0 saturated carbocycles. The summed E-state index contributed by atoms with van der Waals surface area (Å²) in [6, 6.07) is 12.8. The van der Waals surface area contributed by atoms with Crippen LogP contribution >= 0.6 is 11.6 Å². The number of benzene rings is 2. The van der Waals surface area contributed by atoms with E-state index in [0.29, 0.717) is 36.0 Å². The fraction of sp³-hybridized carbons (Fsp3) is 0.333. The molecule has 6 nitrogen and oxygen atoms in total. The van der Waals surface area contributed by atoms with Crippen molar-refractivity contribution in [3.8, 4) is 5.75 Å². The number of methoxy groups -OCH3 is 1. The molecule has 7 heteroatoms. The third kappa shape index (κ3) is 4.82. The molecule has 148 valence electrons. The average Bonchev–Trinajstić information content (AvgIpc) is 2.80. The summed E-state index contributed by atoms with van der Waals surface area (Å²) in [7, 11) is 1.47. The lowest BCUT2D eigenvalue weighted by molar-refractivity contribution is -0.139. The van der Waals surface area contributed by atoms with Crippen LogP contribution in [0, 0.1) is 0 Å². The lowest BCUT2D eigenvalue weighted by Gasteiger charge is -2.23. The zero-order valence-electron chi connectivity index (χ0n) is 15.9. The second kappa shape index (κ2) is 9.08. The van der Waals surface area contributed by atoms with Gasteiger partial charge in [0.25, 0.3) is 5.91 Å². The molecule has 0 unspecified atom stereocenters. The Morgan fingerprint density at radius 1 is 1.29 bits per heavy atom. The van der Waals surface area contributed by atoms with Crippen molar-refractivity contribution in [1.82, 2.24) is 4.90 Å². The molecule has 0 fully saturated rings. The average molecular weight is 403 g/mol.